The van der Waals surface area contributed by atoms with E-state index in [9.17, 15) is 34.8 Å². The number of carbonyl (C=O) groups excluding carboxylic acids is 3. The maximum absolute atomic E-state index is 14.3. The van der Waals surface area contributed by atoms with E-state index < -0.39 is 58.0 Å². The molecule has 4 unspecified atom stereocenters. The maximum atomic E-state index is 14.3. The van der Waals surface area contributed by atoms with Crippen molar-refractivity contribution >= 4 is 28.8 Å². The molecule has 1 saturated heterocycles. The molecule has 1 aromatic heterocycles. The summed E-state index contributed by atoms with van der Waals surface area (Å²) in [5.41, 5.74) is 4.65. The average molecular weight is 596 g/mol. The van der Waals surface area contributed by atoms with Gasteiger partial charge in [0.2, 0.25) is 5.78 Å². The molecule has 11 nitrogen and oxygen atoms in total. The van der Waals surface area contributed by atoms with Crippen molar-refractivity contribution in [1.82, 2.24) is 9.80 Å². The van der Waals surface area contributed by atoms with E-state index in [2.05, 4.69) is 4.90 Å². The zero-order chi connectivity index (χ0) is 30.1. The summed E-state index contributed by atoms with van der Waals surface area (Å²) in [6.45, 7) is 2.83. The third-order valence-corrected chi connectivity index (χ3v) is 9.81. The molecule has 0 bridgehead atoms. The third-order valence-electron chi connectivity index (χ3n) is 9.13. The number of ether oxygens (including phenoxy) is 1. The van der Waals surface area contributed by atoms with Gasteiger partial charge in [-0.15, -0.1) is 0 Å². The topological polar surface area (TPSA) is 174 Å². The fraction of sp³-hybridized carbons (Fsp3) is 0.433. The molecule has 0 radical (unpaired) electrons. The summed E-state index contributed by atoms with van der Waals surface area (Å²) in [4.78, 5) is 43.7. The summed E-state index contributed by atoms with van der Waals surface area (Å²) in [5.74, 6) is -6.53. The first-order chi connectivity index (χ1) is 20.0. The zero-order valence-corrected chi connectivity index (χ0v) is 24.1. The number of hydrogen-bond donors (Lipinski definition) is 5. The van der Waals surface area contributed by atoms with Gasteiger partial charge in [0.05, 0.1) is 24.8 Å². The van der Waals surface area contributed by atoms with E-state index in [-0.39, 0.29) is 29.7 Å². The molecular formula is C30H33N3O8S. The van der Waals surface area contributed by atoms with E-state index in [0.29, 0.717) is 44.0 Å². The summed E-state index contributed by atoms with van der Waals surface area (Å²) < 4.78 is 5.45. The molecule has 3 aliphatic carbocycles. The summed E-state index contributed by atoms with van der Waals surface area (Å²) in [7, 11) is 3.21. The molecule has 1 amide bonds. The number of benzene rings is 1. The number of nitrogens with two attached hydrogens (primary N) is 1. The summed E-state index contributed by atoms with van der Waals surface area (Å²) >= 11 is 1.51. The fourth-order valence-electron chi connectivity index (χ4n) is 7.17. The first kappa shape index (κ1) is 28.6. The molecule has 6 rings (SSSR count). The van der Waals surface area contributed by atoms with Crippen molar-refractivity contribution in [1.29, 1.82) is 0 Å². The van der Waals surface area contributed by atoms with Gasteiger partial charge in [0.1, 0.15) is 22.8 Å². The summed E-state index contributed by atoms with van der Waals surface area (Å²) in [6.07, 6.45) is 0.288. The van der Waals surface area contributed by atoms with Crippen molar-refractivity contribution in [2.45, 2.75) is 31.0 Å². The molecule has 1 fully saturated rings. The Kier molecular flexibility index (Phi) is 7.02. The van der Waals surface area contributed by atoms with Crippen LogP contribution in [0.15, 0.2) is 45.6 Å². The molecule has 0 spiro atoms. The lowest BCUT2D eigenvalue weighted by Gasteiger charge is -2.50. The number of aliphatic hydroxyl groups excluding tert-OH is 2. The standard InChI is InChI=1S/C30H33N3O8S/c1-32(2)23-19-11-15-9-18-17(14-3-8-42-13-14)10-16(12-33-4-6-41-7-5-33)24(34)21(18)25(35)20(15)27(37)30(19,40)28(38)22(26(23)36)29(31)39/h3,8,10,13,15,19,23,34,36-37,40H,4-7,9,11-12H2,1-2H3,(H2,31,39). The zero-order valence-electron chi connectivity index (χ0n) is 23.3. The molecule has 222 valence electrons. The van der Waals surface area contributed by atoms with Gasteiger partial charge >= 0.3 is 0 Å². The van der Waals surface area contributed by atoms with E-state index in [1.165, 1.54) is 16.2 Å². The number of likely N-dealkylation sites (N-methyl/N-ethyl adjacent to an activating group) is 1. The number of phenolic OH excluding ortho intramolecular Hbond substituents is 1. The van der Waals surface area contributed by atoms with Gasteiger partial charge in [0.25, 0.3) is 5.91 Å². The highest BCUT2D eigenvalue weighted by atomic mass is 32.1. The lowest BCUT2D eigenvalue weighted by Crippen LogP contribution is -2.63. The molecule has 4 aliphatic rings. The van der Waals surface area contributed by atoms with Crippen molar-refractivity contribution in [3.63, 3.8) is 0 Å². The number of phenols is 1. The number of primary amides is 1. The Morgan fingerprint density at radius 1 is 1.21 bits per heavy atom. The second-order valence-corrected chi connectivity index (χ2v) is 12.4. The molecule has 2 heterocycles. The average Bonchev–Trinajstić information content (AvgIpc) is 3.47. The van der Waals surface area contributed by atoms with Crippen LogP contribution >= 0.6 is 11.3 Å². The van der Waals surface area contributed by atoms with Crippen molar-refractivity contribution in [2.75, 3.05) is 40.4 Å². The molecule has 12 heteroatoms. The normalized spacial score (nSPS) is 28.1. The van der Waals surface area contributed by atoms with Crippen LogP contribution in [0.1, 0.15) is 27.9 Å². The predicted molar refractivity (Wildman–Crippen MR) is 153 cm³/mol. The van der Waals surface area contributed by atoms with Gasteiger partial charge < -0.3 is 30.9 Å². The monoisotopic (exact) mass is 595 g/mol. The van der Waals surface area contributed by atoms with Gasteiger partial charge in [-0.3, -0.25) is 24.2 Å². The molecule has 0 saturated carbocycles. The number of carbonyl (C=O) groups is 3. The minimum atomic E-state index is -2.66. The number of hydrogen-bond acceptors (Lipinski definition) is 11. The van der Waals surface area contributed by atoms with Gasteiger partial charge in [-0.05, 0) is 72.4 Å². The fourth-order valence-corrected chi connectivity index (χ4v) is 7.83. The van der Waals surface area contributed by atoms with Crippen LogP contribution < -0.4 is 5.73 Å². The summed E-state index contributed by atoms with van der Waals surface area (Å²) in [5, 5.41) is 49.8. The van der Waals surface area contributed by atoms with Crippen LogP contribution in [-0.2, 0) is 27.3 Å². The Labute approximate surface area is 246 Å². The van der Waals surface area contributed by atoms with Crippen molar-refractivity contribution in [3.8, 4) is 16.9 Å². The van der Waals surface area contributed by atoms with E-state index in [1.54, 1.807) is 14.1 Å². The van der Waals surface area contributed by atoms with Gasteiger partial charge in [0.15, 0.2) is 11.4 Å². The first-order valence-electron chi connectivity index (χ1n) is 13.8. The SMILES string of the molecule is CN(C)C1C(O)=C(C(N)=O)C(=O)C2(O)C(O)=C3C(=O)c4c(O)c(CN5CCOCC5)cc(-c5ccsc5)c4CC3CC12. The Bertz CT molecular complexity index is 1560. The number of fused-ring (bicyclic) bond motifs is 3. The predicted octanol–water partition coefficient (Wildman–Crippen LogP) is 1.68. The smallest absolute Gasteiger partial charge is 0.255 e. The maximum Gasteiger partial charge on any atom is 0.255 e. The van der Waals surface area contributed by atoms with Crippen LogP contribution in [0.3, 0.4) is 0 Å². The highest BCUT2D eigenvalue weighted by molar-refractivity contribution is 7.08. The number of nitrogens with zero attached hydrogens (tertiary/aromatic N) is 2. The quantitative estimate of drug-likeness (QED) is 0.320. The Hall–Kier alpha value is -3.55. The summed E-state index contributed by atoms with van der Waals surface area (Å²) in [6, 6.07) is 2.82. The first-order valence-corrected chi connectivity index (χ1v) is 14.8. The second-order valence-electron chi connectivity index (χ2n) is 11.6. The minimum Gasteiger partial charge on any atom is -0.510 e. The van der Waals surface area contributed by atoms with Crippen molar-refractivity contribution in [2.24, 2.45) is 17.6 Å². The number of morpholine rings is 1. The van der Waals surface area contributed by atoms with Crippen LogP contribution in [0.5, 0.6) is 5.75 Å². The number of thiophene rings is 1. The highest BCUT2D eigenvalue weighted by Gasteiger charge is 2.63. The Morgan fingerprint density at radius 2 is 1.93 bits per heavy atom. The molecule has 1 aliphatic heterocycles. The molecule has 2 aromatic rings. The number of ketones is 2. The number of rotatable bonds is 5. The highest BCUT2D eigenvalue weighted by Crippen LogP contribution is 2.53. The van der Waals surface area contributed by atoms with E-state index >= 15 is 0 Å². The minimum absolute atomic E-state index is 0.0303. The van der Waals surface area contributed by atoms with Crippen LogP contribution in [-0.4, -0.2) is 99.7 Å². The van der Waals surface area contributed by atoms with E-state index in [1.807, 2.05) is 22.9 Å². The number of allylic oxidation sites excluding steroid dienone is 1. The van der Waals surface area contributed by atoms with Crippen molar-refractivity contribution < 1.29 is 39.5 Å². The lowest BCUT2D eigenvalue weighted by atomic mass is 9.58. The Morgan fingerprint density at radius 3 is 2.55 bits per heavy atom. The number of amides is 1. The van der Waals surface area contributed by atoms with E-state index in [0.717, 1.165) is 11.1 Å². The van der Waals surface area contributed by atoms with Gasteiger partial charge in [-0.2, -0.15) is 11.3 Å². The molecule has 42 heavy (non-hydrogen) atoms. The number of Topliss-reactive ketones (excluding diaryl/α,β-unsaturated/α-hetero) is 2. The van der Waals surface area contributed by atoms with Crippen LogP contribution in [0.2, 0.25) is 0 Å². The third kappa shape index (κ3) is 4.12. The molecular weight excluding hydrogens is 562 g/mol. The molecule has 6 N–H and O–H groups in total. The van der Waals surface area contributed by atoms with Crippen LogP contribution in [0.4, 0.5) is 0 Å². The van der Waals surface area contributed by atoms with Gasteiger partial charge in [-0.1, -0.05) is 0 Å². The lowest BCUT2D eigenvalue weighted by molar-refractivity contribution is -0.148. The molecule has 1 aromatic carbocycles. The largest absolute Gasteiger partial charge is 0.510 e. The van der Waals surface area contributed by atoms with Gasteiger partial charge in [-0.25, -0.2) is 0 Å². The molecule has 4 atom stereocenters. The Balaban J connectivity index is 1.53. The van der Waals surface area contributed by atoms with Crippen LogP contribution in [0, 0.1) is 11.8 Å². The van der Waals surface area contributed by atoms with Crippen molar-refractivity contribution in [3.05, 3.63) is 62.2 Å². The van der Waals surface area contributed by atoms with E-state index in [4.69, 9.17) is 10.5 Å². The second kappa shape index (κ2) is 10.3. The van der Waals surface area contributed by atoms with Gasteiger partial charge in [0, 0.05) is 36.7 Å². The number of aromatic hydroxyl groups is 1. The number of aliphatic hydroxyl groups is 3. The van der Waals surface area contributed by atoms with Crippen LogP contribution in [0.25, 0.3) is 11.1 Å².